The molecule has 1 N–H and O–H groups in total. The minimum Gasteiger partial charge on any atom is -0.476 e. The number of aromatic carboxylic acids is 1. The number of nitrogens with zero attached hydrogens (tertiary/aromatic N) is 2. The summed E-state index contributed by atoms with van der Waals surface area (Å²) in [5.74, 6) is -0.228. The fraction of sp³-hybridized carbons (Fsp3) is 0.333. The molecule has 0 amide bonds. The first kappa shape index (κ1) is 13.3. The predicted octanol–water partition coefficient (Wildman–Crippen LogP) is 3.08. The van der Waals surface area contributed by atoms with Crippen LogP contribution in [0.1, 0.15) is 37.1 Å². The number of hydrogen-bond donors (Lipinski definition) is 1. The van der Waals surface area contributed by atoms with E-state index in [-0.39, 0.29) is 11.1 Å². The quantitative estimate of drug-likeness (QED) is 0.900. The first-order valence-corrected chi connectivity index (χ1v) is 6.18. The van der Waals surface area contributed by atoms with Crippen LogP contribution in [0.25, 0.3) is 11.3 Å². The average molecular weight is 258 g/mol. The molecule has 0 aliphatic heterocycles. The van der Waals surface area contributed by atoms with Crippen molar-refractivity contribution in [2.24, 2.45) is 7.05 Å². The summed E-state index contributed by atoms with van der Waals surface area (Å²) >= 11 is 0. The Kier molecular flexibility index (Phi) is 3.18. The number of carbonyl (C=O) groups is 1. The molecular formula is C15H18N2O2. The van der Waals surface area contributed by atoms with Gasteiger partial charge >= 0.3 is 5.97 Å². The Morgan fingerprint density at radius 2 is 1.79 bits per heavy atom. The lowest BCUT2D eigenvalue weighted by Crippen LogP contribution is -2.17. The second kappa shape index (κ2) is 4.53. The molecule has 0 aliphatic carbocycles. The number of rotatable bonds is 2. The van der Waals surface area contributed by atoms with Crippen LogP contribution in [0.5, 0.6) is 0 Å². The fourth-order valence-electron chi connectivity index (χ4n) is 2.24. The van der Waals surface area contributed by atoms with Gasteiger partial charge in [0.1, 0.15) is 5.82 Å². The van der Waals surface area contributed by atoms with Gasteiger partial charge < -0.3 is 9.67 Å². The number of hydrogen-bond acceptors (Lipinski definition) is 2. The molecule has 19 heavy (non-hydrogen) atoms. The maximum absolute atomic E-state index is 11.4. The molecule has 0 saturated heterocycles. The van der Waals surface area contributed by atoms with Gasteiger partial charge in [-0.05, 0) is 0 Å². The Balaban J connectivity index is 2.73. The van der Waals surface area contributed by atoms with Gasteiger partial charge in [0.25, 0.3) is 0 Å². The van der Waals surface area contributed by atoms with Crippen molar-refractivity contribution >= 4 is 5.97 Å². The Labute approximate surface area is 112 Å². The molecule has 0 spiro atoms. The largest absolute Gasteiger partial charge is 0.476 e. The molecule has 4 heteroatoms. The zero-order valence-electron chi connectivity index (χ0n) is 11.6. The van der Waals surface area contributed by atoms with E-state index in [9.17, 15) is 9.90 Å². The van der Waals surface area contributed by atoms with Gasteiger partial charge in [-0.25, -0.2) is 9.78 Å². The minimum atomic E-state index is -0.995. The first-order chi connectivity index (χ1) is 8.82. The number of benzene rings is 1. The van der Waals surface area contributed by atoms with Crippen LogP contribution in [0.3, 0.4) is 0 Å². The molecule has 1 aromatic heterocycles. The first-order valence-electron chi connectivity index (χ1n) is 6.18. The predicted molar refractivity (Wildman–Crippen MR) is 74.3 cm³/mol. The summed E-state index contributed by atoms with van der Waals surface area (Å²) in [7, 11) is 1.86. The summed E-state index contributed by atoms with van der Waals surface area (Å²) in [6.45, 7) is 6.07. The lowest BCUT2D eigenvalue weighted by atomic mass is 9.96. The number of carboxylic acid groups (broad SMARTS) is 1. The lowest BCUT2D eigenvalue weighted by molar-refractivity contribution is 0.0691. The zero-order valence-corrected chi connectivity index (χ0v) is 11.6. The molecule has 100 valence electrons. The molecule has 0 radical (unpaired) electrons. The van der Waals surface area contributed by atoms with Crippen molar-refractivity contribution < 1.29 is 9.90 Å². The van der Waals surface area contributed by atoms with E-state index in [2.05, 4.69) is 4.98 Å². The fourth-order valence-corrected chi connectivity index (χ4v) is 2.24. The van der Waals surface area contributed by atoms with Gasteiger partial charge in [-0.2, -0.15) is 0 Å². The molecule has 0 saturated carbocycles. The highest BCUT2D eigenvalue weighted by Crippen LogP contribution is 2.29. The van der Waals surface area contributed by atoms with Crippen molar-refractivity contribution in [2.45, 2.75) is 26.2 Å². The van der Waals surface area contributed by atoms with Crippen LogP contribution < -0.4 is 0 Å². The van der Waals surface area contributed by atoms with Gasteiger partial charge in [0.15, 0.2) is 5.69 Å². The normalized spacial score (nSPS) is 11.6. The van der Waals surface area contributed by atoms with Crippen LogP contribution in [0.4, 0.5) is 0 Å². The summed E-state index contributed by atoms with van der Waals surface area (Å²) in [4.78, 5) is 15.7. The van der Waals surface area contributed by atoms with E-state index in [1.54, 1.807) is 0 Å². The molecule has 0 unspecified atom stereocenters. The SMILES string of the molecule is Cn1c(C(C)(C)C)nc(C(=O)O)c1-c1ccccc1. The van der Waals surface area contributed by atoms with Crippen molar-refractivity contribution in [2.75, 3.05) is 0 Å². The van der Waals surface area contributed by atoms with Gasteiger partial charge in [-0.3, -0.25) is 0 Å². The highest BCUT2D eigenvalue weighted by molar-refractivity contribution is 5.93. The van der Waals surface area contributed by atoms with Crippen LogP contribution in [0, 0.1) is 0 Å². The summed E-state index contributed by atoms with van der Waals surface area (Å²) < 4.78 is 1.87. The van der Waals surface area contributed by atoms with E-state index in [1.807, 2.05) is 62.7 Å². The Hall–Kier alpha value is -2.10. The third-order valence-corrected chi connectivity index (χ3v) is 3.02. The number of imidazole rings is 1. The topological polar surface area (TPSA) is 55.1 Å². The molecule has 0 bridgehead atoms. The maximum Gasteiger partial charge on any atom is 0.356 e. The molecular weight excluding hydrogens is 240 g/mol. The second-order valence-corrected chi connectivity index (χ2v) is 5.61. The molecule has 4 nitrogen and oxygen atoms in total. The number of aromatic nitrogens is 2. The third-order valence-electron chi connectivity index (χ3n) is 3.02. The lowest BCUT2D eigenvalue weighted by Gasteiger charge is -2.18. The van der Waals surface area contributed by atoms with E-state index in [4.69, 9.17) is 0 Å². The Morgan fingerprint density at radius 1 is 1.21 bits per heavy atom. The van der Waals surface area contributed by atoms with Gasteiger partial charge in [-0.1, -0.05) is 51.1 Å². The minimum absolute atomic E-state index is 0.110. The molecule has 1 aromatic carbocycles. The van der Waals surface area contributed by atoms with Gasteiger partial charge in [0.2, 0.25) is 0 Å². The van der Waals surface area contributed by atoms with Gasteiger partial charge in [-0.15, -0.1) is 0 Å². The van der Waals surface area contributed by atoms with E-state index >= 15 is 0 Å². The van der Waals surface area contributed by atoms with E-state index in [1.165, 1.54) is 0 Å². The summed E-state index contributed by atoms with van der Waals surface area (Å²) in [5.41, 5.74) is 1.42. The standard InChI is InChI=1S/C15H18N2O2/c1-15(2,3)14-16-11(13(18)19)12(17(14)4)10-8-6-5-7-9-10/h5-9H,1-4H3,(H,18,19). The van der Waals surface area contributed by atoms with Crippen molar-refractivity contribution in [3.8, 4) is 11.3 Å². The number of carboxylic acids is 1. The van der Waals surface area contributed by atoms with Crippen LogP contribution >= 0.6 is 0 Å². The van der Waals surface area contributed by atoms with Crippen molar-refractivity contribution in [3.63, 3.8) is 0 Å². The molecule has 2 aromatic rings. The van der Waals surface area contributed by atoms with Crippen molar-refractivity contribution in [1.29, 1.82) is 0 Å². The summed E-state index contributed by atoms with van der Waals surface area (Å²) in [6.07, 6.45) is 0. The van der Waals surface area contributed by atoms with Gasteiger partial charge in [0.05, 0.1) is 5.69 Å². The summed E-state index contributed by atoms with van der Waals surface area (Å²) in [5, 5.41) is 9.35. The van der Waals surface area contributed by atoms with Crippen LogP contribution in [0.15, 0.2) is 30.3 Å². The highest BCUT2D eigenvalue weighted by Gasteiger charge is 2.27. The van der Waals surface area contributed by atoms with Crippen molar-refractivity contribution in [1.82, 2.24) is 9.55 Å². The third kappa shape index (κ3) is 2.38. The van der Waals surface area contributed by atoms with E-state index < -0.39 is 5.97 Å². The highest BCUT2D eigenvalue weighted by atomic mass is 16.4. The Bertz CT molecular complexity index is 607. The monoisotopic (exact) mass is 258 g/mol. The Morgan fingerprint density at radius 3 is 2.26 bits per heavy atom. The van der Waals surface area contributed by atoms with Crippen LogP contribution in [-0.2, 0) is 12.5 Å². The molecule has 0 atom stereocenters. The second-order valence-electron chi connectivity index (χ2n) is 5.61. The molecule has 0 aliphatic rings. The molecule has 0 fully saturated rings. The average Bonchev–Trinajstić information content (AvgIpc) is 2.68. The summed E-state index contributed by atoms with van der Waals surface area (Å²) in [6, 6.07) is 9.49. The van der Waals surface area contributed by atoms with E-state index in [0.717, 1.165) is 11.4 Å². The van der Waals surface area contributed by atoms with Gasteiger partial charge in [0, 0.05) is 18.0 Å². The van der Waals surface area contributed by atoms with E-state index in [0.29, 0.717) is 5.69 Å². The zero-order chi connectivity index (χ0) is 14.2. The van der Waals surface area contributed by atoms with Crippen molar-refractivity contribution in [3.05, 3.63) is 41.9 Å². The van der Waals surface area contributed by atoms with Crippen LogP contribution in [0.2, 0.25) is 0 Å². The molecule has 1 heterocycles. The van der Waals surface area contributed by atoms with Crippen LogP contribution in [-0.4, -0.2) is 20.6 Å². The maximum atomic E-state index is 11.4. The molecule has 2 rings (SSSR count). The smallest absolute Gasteiger partial charge is 0.356 e.